The number of carbonyl (C=O) groups excluding carboxylic acids is 2. The first-order valence-corrected chi connectivity index (χ1v) is 8.56. The Labute approximate surface area is 152 Å². The highest BCUT2D eigenvalue weighted by atomic mass is 16.5. The minimum atomic E-state index is -0.389. The molecular weight excluding hydrogens is 332 g/mol. The minimum Gasteiger partial charge on any atom is -0.465 e. The van der Waals surface area contributed by atoms with Gasteiger partial charge in [0.15, 0.2) is 0 Å². The van der Waals surface area contributed by atoms with Crippen molar-refractivity contribution in [2.75, 3.05) is 12.4 Å². The Morgan fingerprint density at radius 3 is 2.35 bits per heavy atom. The highest BCUT2D eigenvalue weighted by Gasteiger charge is 2.30. The van der Waals surface area contributed by atoms with Crippen LogP contribution in [0.2, 0.25) is 0 Å². The molecule has 0 bridgehead atoms. The summed E-state index contributed by atoms with van der Waals surface area (Å²) in [5.41, 5.74) is 2.42. The number of hydrogen-bond donors (Lipinski definition) is 2. The number of methoxy groups -OCH3 is 1. The van der Waals surface area contributed by atoms with Crippen molar-refractivity contribution in [2.24, 2.45) is 0 Å². The Bertz CT molecular complexity index is 740. The molecule has 1 aliphatic carbocycles. The zero-order chi connectivity index (χ0) is 18.4. The number of anilines is 1. The van der Waals surface area contributed by atoms with Crippen LogP contribution in [0.4, 0.5) is 10.5 Å². The fourth-order valence-electron chi connectivity index (χ4n) is 2.84. The maximum Gasteiger partial charge on any atom is 0.407 e. The lowest BCUT2D eigenvalue weighted by Gasteiger charge is -2.36. The first-order valence-electron chi connectivity index (χ1n) is 8.56. The summed E-state index contributed by atoms with van der Waals surface area (Å²) in [5, 5.41) is 6.25. The van der Waals surface area contributed by atoms with E-state index >= 15 is 0 Å². The molecule has 6 nitrogen and oxygen atoms in total. The van der Waals surface area contributed by atoms with E-state index in [4.69, 9.17) is 4.74 Å². The van der Waals surface area contributed by atoms with Gasteiger partial charge in [-0.3, -0.25) is 0 Å². The van der Waals surface area contributed by atoms with Crippen LogP contribution in [0.15, 0.2) is 54.6 Å². The van der Waals surface area contributed by atoms with Crippen molar-refractivity contribution >= 4 is 17.7 Å². The van der Waals surface area contributed by atoms with Crippen molar-refractivity contribution in [3.63, 3.8) is 0 Å². The van der Waals surface area contributed by atoms with Crippen LogP contribution in [0.25, 0.3) is 0 Å². The third-order valence-corrected chi connectivity index (χ3v) is 4.35. The third-order valence-electron chi connectivity index (χ3n) is 4.35. The fourth-order valence-corrected chi connectivity index (χ4v) is 2.84. The molecule has 136 valence electrons. The number of hydrogen-bond acceptors (Lipinski definition) is 5. The Morgan fingerprint density at radius 2 is 1.69 bits per heavy atom. The number of ether oxygens (including phenoxy) is 2. The molecule has 1 amide bonds. The Balaban J connectivity index is 1.36. The highest BCUT2D eigenvalue weighted by Crippen LogP contribution is 2.24. The summed E-state index contributed by atoms with van der Waals surface area (Å²) >= 11 is 0. The van der Waals surface area contributed by atoms with Crippen LogP contribution in [0, 0.1) is 0 Å². The number of amides is 1. The van der Waals surface area contributed by atoms with E-state index in [1.165, 1.54) is 7.11 Å². The van der Waals surface area contributed by atoms with Crippen molar-refractivity contribution in [1.82, 2.24) is 5.32 Å². The average Bonchev–Trinajstić information content (AvgIpc) is 2.65. The van der Waals surface area contributed by atoms with Crippen molar-refractivity contribution < 1.29 is 19.1 Å². The molecule has 0 aliphatic heterocycles. The molecule has 0 atom stereocenters. The van der Waals surface area contributed by atoms with Gasteiger partial charge in [-0.15, -0.1) is 0 Å². The standard InChI is InChI=1S/C20H22N2O4/c1-25-19(23)15-7-9-16(10-8-15)21-17-11-18(12-17)22-20(24)26-13-14-5-3-2-4-6-14/h2-10,17-18,21H,11-13H2,1H3,(H,22,24). The van der Waals surface area contributed by atoms with Gasteiger partial charge in [0.25, 0.3) is 0 Å². The van der Waals surface area contributed by atoms with E-state index in [0.29, 0.717) is 11.6 Å². The van der Waals surface area contributed by atoms with Crippen LogP contribution in [0.5, 0.6) is 0 Å². The fraction of sp³-hybridized carbons (Fsp3) is 0.300. The van der Waals surface area contributed by atoms with Crippen molar-refractivity contribution in [2.45, 2.75) is 31.5 Å². The second-order valence-electron chi connectivity index (χ2n) is 6.28. The third kappa shape index (κ3) is 4.75. The van der Waals surface area contributed by atoms with E-state index in [2.05, 4.69) is 15.4 Å². The van der Waals surface area contributed by atoms with Crippen molar-refractivity contribution in [3.8, 4) is 0 Å². The largest absolute Gasteiger partial charge is 0.465 e. The maximum atomic E-state index is 11.8. The van der Waals surface area contributed by atoms with Gasteiger partial charge in [-0.05, 0) is 42.7 Å². The molecule has 3 rings (SSSR count). The van der Waals surface area contributed by atoms with Gasteiger partial charge in [-0.25, -0.2) is 9.59 Å². The molecule has 0 radical (unpaired) electrons. The van der Waals surface area contributed by atoms with Gasteiger partial charge in [0.05, 0.1) is 12.7 Å². The van der Waals surface area contributed by atoms with Crippen LogP contribution in [-0.4, -0.2) is 31.3 Å². The summed E-state index contributed by atoms with van der Waals surface area (Å²) in [4.78, 5) is 23.2. The van der Waals surface area contributed by atoms with E-state index in [1.54, 1.807) is 12.1 Å². The average molecular weight is 354 g/mol. The number of alkyl carbamates (subject to hydrolysis) is 1. The zero-order valence-corrected chi connectivity index (χ0v) is 14.6. The summed E-state index contributed by atoms with van der Waals surface area (Å²) in [6.45, 7) is 0.271. The molecule has 0 heterocycles. The van der Waals surface area contributed by atoms with Crippen LogP contribution >= 0.6 is 0 Å². The van der Waals surface area contributed by atoms with E-state index in [1.807, 2.05) is 42.5 Å². The van der Waals surface area contributed by atoms with E-state index in [9.17, 15) is 9.59 Å². The van der Waals surface area contributed by atoms with Crippen molar-refractivity contribution in [3.05, 3.63) is 65.7 Å². The topological polar surface area (TPSA) is 76.7 Å². The molecule has 0 spiro atoms. The molecule has 1 aliphatic rings. The Morgan fingerprint density at radius 1 is 1.00 bits per heavy atom. The number of carbonyl (C=O) groups is 2. The molecular formula is C20H22N2O4. The number of nitrogens with one attached hydrogen (secondary N) is 2. The van der Waals surface area contributed by atoms with Gasteiger partial charge in [0.2, 0.25) is 0 Å². The number of esters is 1. The lowest BCUT2D eigenvalue weighted by Crippen LogP contribution is -2.49. The molecule has 0 saturated heterocycles. The van der Waals surface area contributed by atoms with Crippen LogP contribution in [0.1, 0.15) is 28.8 Å². The second-order valence-corrected chi connectivity index (χ2v) is 6.28. The van der Waals surface area contributed by atoms with Gasteiger partial charge < -0.3 is 20.1 Å². The first-order chi connectivity index (χ1) is 12.6. The van der Waals surface area contributed by atoms with Crippen LogP contribution in [0.3, 0.4) is 0 Å². The van der Waals surface area contributed by atoms with Gasteiger partial charge in [-0.2, -0.15) is 0 Å². The SMILES string of the molecule is COC(=O)c1ccc(NC2CC(NC(=O)OCc3ccccc3)C2)cc1. The normalized spacial score (nSPS) is 18.3. The lowest BCUT2D eigenvalue weighted by molar-refractivity contribution is 0.0600. The van der Waals surface area contributed by atoms with E-state index < -0.39 is 0 Å². The van der Waals surface area contributed by atoms with Crippen molar-refractivity contribution in [1.29, 1.82) is 0 Å². The molecule has 0 unspecified atom stereocenters. The zero-order valence-electron chi connectivity index (χ0n) is 14.6. The van der Waals surface area contributed by atoms with Crippen LogP contribution in [-0.2, 0) is 16.1 Å². The molecule has 0 aromatic heterocycles. The summed E-state index contributed by atoms with van der Waals surface area (Å²) in [7, 11) is 1.36. The highest BCUT2D eigenvalue weighted by molar-refractivity contribution is 5.89. The monoisotopic (exact) mass is 354 g/mol. The first kappa shape index (κ1) is 17.8. The van der Waals surface area contributed by atoms with E-state index in [-0.39, 0.29) is 24.7 Å². The molecule has 2 aromatic rings. The van der Waals surface area contributed by atoms with E-state index in [0.717, 1.165) is 24.1 Å². The quantitative estimate of drug-likeness (QED) is 0.778. The number of benzene rings is 2. The van der Waals surface area contributed by atoms with Crippen LogP contribution < -0.4 is 10.6 Å². The predicted octanol–water partition coefficient (Wildman–Crippen LogP) is 3.34. The molecule has 1 saturated carbocycles. The molecule has 6 heteroatoms. The molecule has 2 aromatic carbocycles. The van der Waals surface area contributed by atoms with Gasteiger partial charge >= 0.3 is 12.1 Å². The number of rotatable bonds is 6. The Kier molecular flexibility index (Phi) is 5.73. The summed E-state index contributed by atoms with van der Waals surface area (Å²) in [6, 6.07) is 17.1. The Hall–Kier alpha value is -3.02. The predicted molar refractivity (Wildman–Crippen MR) is 98.0 cm³/mol. The summed E-state index contributed by atoms with van der Waals surface area (Å²) in [5.74, 6) is -0.349. The van der Waals surface area contributed by atoms with Gasteiger partial charge in [0, 0.05) is 17.8 Å². The maximum absolute atomic E-state index is 11.8. The molecule has 2 N–H and O–H groups in total. The lowest BCUT2D eigenvalue weighted by atomic mass is 9.86. The molecule has 26 heavy (non-hydrogen) atoms. The summed E-state index contributed by atoms with van der Waals surface area (Å²) < 4.78 is 9.90. The smallest absolute Gasteiger partial charge is 0.407 e. The summed E-state index contributed by atoms with van der Waals surface area (Å²) in [6.07, 6.45) is 1.28. The second kappa shape index (κ2) is 8.38. The van der Waals surface area contributed by atoms with Gasteiger partial charge in [-0.1, -0.05) is 30.3 Å². The van der Waals surface area contributed by atoms with Gasteiger partial charge in [0.1, 0.15) is 6.61 Å². The minimum absolute atomic E-state index is 0.116. The molecule has 1 fully saturated rings.